The van der Waals surface area contributed by atoms with Crippen LogP contribution in [0.1, 0.15) is 5.56 Å². The SMILES string of the molecule is OCc1ccc(N2CCN(c3ccccc3F)CC2)nc1. The zero-order valence-electron chi connectivity index (χ0n) is 11.7. The first-order valence-corrected chi connectivity index (χ1v) is 7.08. The minimum atomic E-state index is -0.170. The molecule has 0 bridgehead atoms. The molecule has 5 heteroatoms. The fraction of sp³-hybridized carbons (Fsp3) is 0.312. The van der Waals surface area contributed by atoms with E-state index in [4.69, 9.17) is 5.11 Å². The quantitative estimate of drug-likeness (QED) is 0.938. The van der Waals surface area contributed by atoms with Crippen molar-refractivity contribution >= 4 is 11.5 Å². The Balaban J connectivity index is 1.66. The highest BCUT2D eigenvalue weighted by Crippen LogP contribution is 2.22. The highest BCUT2D eigenvalue weighted by molar-refractivity contribution is 5.50. The number of hydrogen-bond acceptors (Lipinski definition) is 4. The first-order valence-electron chi connectivity index (χ1n) is 7.08. The smallest absolute Gasteiger partial charge is 0.146 e. The lowest BCUT2D eigenvalue weighted by Crippen LogP contribution is -2.47. The molecule has 0 aliphatic carbocycles. The summed E-state index contributed by atoms with van der Waals surface area (Å²) in [4.78, 5) is 8.60. The van der Waals surface area contributed by atoms with Crippen molar-refractivity contribution in [1.29, 1.82) is 0 Å². The van der Waals surface area contributed by atoms with E-state index >= 15 is 0 Å². The monoisotopic (exact) mass is 287 g/mol. The predicted octanol–water partition coefficient (Wildman–Crippen LogP) is 2.04. The molecule has 1 fully saturated rings. The van der Waals surface area contributed by atoms with Gasteiger partial charge in [-0.05, 0) is 23.8 Å². The lowest BCUT2D eigenvalue weighted by atomic mass is 10.2. The van der Waals surface area contributed by atoms with Crippen molar-refractivity contribution in [1.82, 2.24) is 4.98 Å². The van der Waals surface area contributed by atoms with Crippen molar-refractivity contribution in [2.24, 2.45) is 0 Å². The fourth-order valence-corrected chi connectivity index (χ4v) is 2.58. The average Bonchev–Trinajstić information content (AvgIpc) is 2.56. The third-order valence-electron chi connectivity index (χ3n) is 3.79. The van der Waals surface area contributed by atoms with Crippen LogP contribution in [0.4, 0.5) is 15.9 Å². The summed E-state index contributed by atoms with van der Waals surface area (Å²) in [7, 11) is 0. The van der Waals surface area contributed by atoms with E-state index in [2.05, 4.69) is 14.8 Å². The lowest BCUT2D eigenvalue weighted by Gasteiger charge is -2.36. The highest BCUT2D eigenvalue weighted by atomic mass is 19.1. The van der Waals surface area contributed by atoms with Gasteiger partial charge in [0.15, 0.2) is 0 Å². The van der Waals surface area contributed by atoms with Gasteiger partial charge in [0.2, 0.25) is 0 Å². The number of aliphatic hydroxyl groups excluding tert-OH is 1. The predicted molar refractivity (Wildman–Crippen MR) is 81.0 cm³/mol. The topological polar surface area (TPSA) is 39.6 Å². The number of hydrogen-bond donors (Lipinski definition) is 1. The second-order valence-corrected chi connectivity index (χ2v) is 5.11. The summed E-state index contributed by atoms with van der Waals surface area (Å²) in [5.74, 6) is 0.733. The molecule has 0 amide bonds. The van der Waals surface area contributed by atoms with Gasteiger partial charge in [0.05, 0.1) is 12.3 Å². The maximum Gasteiger partial charge on any atom is 0.146 e. The second-order valence-electron chi connectivity index (χ2n) is 5.11. The van der Waals surface area contributed by atoms with Crippen LogP contribution >= 0.6 is 0 Å². The van der Waals surface area contributed by atoms with Crippen molar-refractivity contribution in [2.45, 2.75) is 6.61 Å². The van der Waals surface area contributed by atoms with Crippen LogP contribution in [0.15, 0.2) is 42.6 Å². The average molecular weight is 287 g/mol. The molecule has 0 unspecified atom stereocenters. The van der Waals surface area contributed by atoms with Gasteiger partial charge < -0.3 is 14.9 Å². The molecule has 1 aromatic heterocycles. The van der Waals surface area contributed by atoms with Crippen LogP contribution in [0, 0.1) is 5.82 Å². The standard InChI is InChI=1S/C16H18FN3O/c17-14-3-1-2-4-15(14)19-7-9-20(10-8-19)16-6-5-13(12-21)11-18-16/h1-6,11,21H,7-10,12H2. The normalized spacial score (nSPS) is 15.3. The Kier molecular flexibility index (Phi) is 4.01. The summed E-state index contributed by atoms with van der Waals surface area (Å²) < 4.78 is 13.8. The van der Waals surface area contributed by atoms with E-state index in [1.807, 2.05) is 24.3 Å². The van der Waals surface area contributed by atoms with Gasteiger partial charge in [0, 0.05) is 32.4 Å². The van der Waals surface area contributed by atoms with Crippen LogP contribution in [0.5, 0.6) is 0 Å². The molecule has 3 rings (SSSR count). The van der Waals surface area contributed by atoms with Crippen LogP contribution < -0.4 is 9.80 Å². The Bertz CT molecular complexity index is 595. The second kappa shape index (κ2) is 6.10. The maximum absolute atomic E-state index is 13.8. The van der Waals surface area contributed by atoms with Crippen LogP contribution in [0.3, 0.4) is 0 Å². The Hall–Kier alpha value is -2.14. The van der Waals surface area contributed by atoms with Crippen LogP contribution in [-0.2, 0) is 6.61 Å². The molecule has 1 N–H and O–H groups in total. The van der Waals surface area contributed by atoms with E-state index in [1.165, 1.54) is 6.07 Å². The molecule has 1 aromatic carbocycles. The van der Waals surface area contributed by atoms with Gasteiger partial charge in [-0.3, -0.25) is 0 Å². The summed E-state index contributed by atoms with van der Waals surface area (Å²) in [6, 6.07) is 10.7. The number of aliphatic hydroxyl groups is 1. The number of benzene rings is 1. The van der Waals surface area contributed by atoms with Gasteiger partial charge in [0.25, 0.3) is 0 Å². The van der Waals surface area contributed by atoms with Crippen molar-refractivity contribution in [3.8, 4) is 0 Å². The molecule has 0 radical (unpaired) electrons. The Morgan fingerprint density at radius 2 is 1.71 bits per heavy atom. The van der Waals surface area contributed by atoms with Crippen LogP contribution in [0.2, 0.25) is 0 Å². The van der Waals surface area contributed by atoms with E-state index in [0.29, 0.717) is 5.69 Å². The molecule has 4 nitrogen and oxygen atoms in total. The minimum absolute atomic E-state index is 0.00828. The van der Waals surface area contributed by atoms with Crippen molar-refractivity contribution < 1.29 is 9.50 Å². The molecule has 2 heterocycles. The summed E-state index contributed by atoms with van der Waals surface area (Å²) in [6.07, 6.45) is 1.69. The van der Waals surface area contributed by atoms with Crippen LogP contribution in [-0.4, -0.2) is 36.3 Å². The molecule has 0 saturated carbocycles. The zero-order chi connectivity index (χ0) is 14.7. The third-order valence-corrected chi connectivity index (χ3v) is 3.79. The number of piperazine rings is 1. The molecule has 0 spiro atoms. The van der Waals surface area contributed by atoms with Crippen molar-refractivity contribution in [3.05, 3.63) is 54.0 Å². The molecule has 110 valence electrons. The van der Waals surface area contributed by atoms with Crippen molar-refractivity contribution in [3.63, 3.8) is 0 Å². The number of para-hydroxylation sites is 1. The molecule has 0 atom stereocenters. The number of anilines is 2. The number of aromatic nitrogens is 1. The first-order chi connectivity index (χ1) is 10.3. The van der Waals surface area contributed by atoms with Gasteiger partial charge in [-0.25, -0.2) is 9.37 Å². The van der Waals surface area contributed by atoms with Crippen molar-refractivity contribution in [2.75, 3.05) is 36.0 Å². The molecular formula is C16H18FN3O. The van der Waals surface area contributed by atoms with E-state index in [-0.39, 0.29) is 12.4 Å². The number of rotatable bonds is 3. The molecule has 1 aliphatic rings. The molecule has 21 heavy (non-hydrogen) atoms. The number of halogens is 1. The van der Waals surface area contributed by atoms with Gasteiger partial charge in [-0.15, -0.1) is 0 Å². The highest BCUT2D eigenvalue weighted by Gasteiger charge is 2.19. The van der Waals surface area contributed by atoms with E-state index in [9.17, 15) is 4.39 Å². The fourth-order valence-electron chi connectivity index (χ4n) is 2.58. The Morgan fingerprint density at radius 3 is 2.33 bits per heavy atom. The molecular weight excluding hydrogens is 269 g/mol. The molecule has 2 aromatic rings. The van der Waals surface area contributed by atoms with E-state index < -0.39 is 0 Å². The number of nitrogens with zero attached hydrogens (tertiary/aromatic N) is 3. The number of pyridine rings is 1. The van der Waals surface area contributed by atoms with E-state index in [1.54, 1.807) is 12.3 Å². The summed E-state index contributed by atoms with van der Waals surface area (Å²) in [6.45, 7) is 3.16. The summed E-state index contributed by atoms with van der Waals surface area (Å²) in [5, 5.41) is 9.03. The van der Waals surface area contributed by atoms with E-state index in [0.717, 1.165) is 37.6 Å². The van der Waals surface area contributed by atoms with Gasteiger partial charge in [0.1, 0.15) is 11.6 Å². The lowest BCUT2D eigenvalue weighted by molar-refractivity contribution is 0.281. The molecule has 1 saturated heterocycles. The first kappa shape index (κ1) is 13.8. The minimum Gasteiger partial charge on any atom is -0.392 e. The van der Waals surface area contributed by atoms with Gasteiger partial charge in [-0.1, -0.05) is 18.2 Å². The van der Waals surface area contributed by atoms with Crippen LogP contribution in [0.25, 0.3) is 0 Å². The van der Waals surface area contributed by atoms with Gasteiger partial charge in [-0.2, -0.15) is 0 Å². The van der Waals surface area contributed by atoms with Gasteiger partial charge >= 0.3 is 0 Å². The third kappa shape index (κ3) is 2.97. The zero-order valence-corrected chi connectivity index (χ0v) is 11.7. The summed E-state index contributed by atoms with van der Waals surface area (Å²) in [5.41, 5.74) is 1.48. The Morgan fingerprint density at radius 1 is 1.00 bits per heavy atom. The maximum atomic E-state index is 13.8. The molecule has 1 aliphatic heterocycles. The largest absolute Gasteiger partial charge is 0.392 e. The summed E-state index contributed by atoms with van der Waals surface area (Å²) >= 11 is 0. The Labute approximate surface area is 123 Å².